The van der Waals surface area contributed by atoms with Crippen LogP contribution in [0.1, 0.15) is 62.5 Å². The number of nitrogens with zero attached hydrogens (tertiary/aromatic N) is 3. The molecule has 1 aliphatic carbocycles. The summed E-state index contributed by atoms with van der Waals surface area (Å²) in [6.45, 7) is 8.50. The van der Waals surface area contributed by atoms with E-state index in [-0.39, 0.29) is 16.4 Å². The molecule has 1 atom stereocenters. The lowest BCUT2D eigenvalue weighted by molar-refractivity contribution is 0.0993. The lowest BCUT2D eigenvalue weighted by Gasteiger charge is -2.19. The number of ketones is 1. The van der Waals surface area contributed by atoms with Gasteiger partial charge in [0.1, 0.15) is 0 Å². The number of carbonyl (C=O) groups is 1. The second-order valence-corrected chi connectivity index (χ2v) is 10.6. The van der Waals surface area contributed by atoms with Gasteiger partial charge in [0, 0.05) is 11.6 Å². The molecule has 0 N–H and O–H groups in total. The monoisotopic (exact) mass is 411 g/mol. The number of thioether (sulfide) groups is 1. The minimum absolute atomic E-state index is 0.0841. The van der Waals surface area contributed by atoms with Crippen LogP contribution in [0.3, 0.4) is 0 Å². The van der Waals surface area contributed by atoms with Crippen molar-refractivity contribution in [3.63, 3.8) is 0 Å². The SMILES string of the molecule is C[C@H](Sc1nnc(-c2cccs2)n1C1CC1)C(=O)c1ccc(C(C)(C)C)cc1. The van der Waals surface area contributed by atoms with E-state index in [0.29, 0.717) is 6.04 Å². The molecule has 0 amide bonds. The van der Waals surface area contributed by atoms with Gasteiger partial charge >= 0.3 is 0 Å². The van der Waals surface area contributed by atoms with Gasteiger partial charge in [-0.2, -0.15) is 0 Å². The van der Waals surface area contributed by atoms with Crippen molar-refractivity contribution in [2.24, 2.45) is 0 Å². The fourth-order valence-electron chi connectivity index (χ4n) is 3.17. The Bertz CT molecular complexity index is 964. The van der Waals surface area contributed by atoms with Crippen LogP contribution < -0.4 is 0 Å². The second-order valence-electron chi connectivity index (χ2n) is 8.34. The molecule has 1 aliphatic rings. The van der Waals surface area contributed by atoms with Gasteiger partial charge < -0.3 is 0 Å². The summed E-state index contributed by atoms with van der Waals surface area (Å²) < 4.78 is 2.23. The highest BCUT2D eigenvalue weighted by molar-refractivity contribution is 8.00. The molecule has 4 nitrogen and oxygen atoms in total. The number of hydrogen-bond donors (Lipinski definition) is 0. The molecule has 0 saturated heterocycles. The molecule has 3 aromatic rings. The molecule has 0 radical (unpaired) electrons. The zero-order chi connectivity index (χ0) is 19.9. The minimum atomic E-state index is -0.210. The number of rotatable bonds is 6. The number of thiophene rings is 1. The smallest absolute Gasteiger partial charge is 0.192 e. The van der Waals surface area contributed by atoms with Gasteiger partial charge in [0.05, 0.1) is 10.1 Å². The second kappa shape index (κ2) is 7.48. The van der Waals surface area contributed by atoms with Gasteiger partial charge in [-0.15, -0.1) is 21.5 Å². The van der Waals surface area contributed by atoms with E-state index in [1.807, 2.05) is 25.1 Å². The van der Waals surface area contributed by atoms with Crippen molar-refractivity contribution in [3.8, 4) is 10.7 Å². The average Bonchev–Trinajstić information content (AvgIpc) is 3.18. The first-order chi connectivity index (χ1) is 13.3. The summed E-state index contributed by atoms with van der Waals surface area (Å²) in [7, 11) is 0. The number of Topliss-reactive ketones (excluding diaryl/α,β-unsaturated/α-hetero) is 1. The van der Waals surface area contributed by atoms with Gasteiger partial charge in [0.2, 0.25) is 0 Å². The Morgan fingerprint density at radius 3 is 2.46 bits per heavy atom. The van der Waals surface area contributed by atoms with Gasteiger partial charge in [-0.05, 0) is 42.2 Å². The molecule has 1 saturated carbocycles. The molecule has 0 unspecified atom stereocenters. The van der Waals surface area contributed by atoms with Crippen molar-refractivity contribution in [2.45, 2.75) is 62.4 Å². The molecule has 2 aromatic heterocycles. The maximum atomic E-state index is 13.0. The number of hydrogen-bond acceptors (Lipinski definition) is 5. The topological polar surface area (TPSA) is 47.8 Å². The number of aromatic nitrogens is 3. The Morgan fingerprint density at radius 2 is 1.89 bits per heavy atom. The summed E-state index contributed by atoms with van der Waals surface area (Å²) in [5.41, 5.74) is 2.07. The van der Waals surface area contributed by atoms with E-state index >= 15 is 0 Å². The van der Waals surface area contributed by atoms with Crippen LogP contribution in [-0.4, -0.2) is 25.8 Å². The van der Waals surface area contributed by atoms with Crippen LogP contribution in [0.2, 0.25) is 0 Å². The van der Waals surface area contributed by atoms with E-state index in [1.165, 1.54) is 17.3 Å². The molecule has 6 heteroatoms. The lowest BCUT2D eigenvalue weighted by atomic mass is 9.86. The minimum Gasteiger partial charge on any atom is -0.298 e. The van der Waals surface area contributed by atoms with E-state index in [1.54, 1.807) is 11.3 Å². The summed E-state index contributed by atoms with van der Waals surface area (Å²) in [6, 6.07) is 12.6. The molecule has 146 valence electrons. The van der Waals surface area contributed by atoms with Crippen LogP contribution in [0.25, 0.3) is 10.7 Å². The van der Waals surface area contributed by atoms with E-state index in [4.69, 9.17) is 0 Å². The first-order valence-electron chi connectivity index (χ1n) is 9.65. The fraction of sp³-hybridized carbons (Fsp3) is 0.409. The van der Waals surface area contributed by atoms with Gasteiger partial charge in [-0.25, -0.2) is 0 Å². The van der Waals surface area contributed by atoms with Crippen molar-refractivity contribution in [1.82, 2.24) is 14.8 Å². The molecular formula is C22H25N3OS2. The summed E-state index contributed by atoms with van der Waals surface area (Å²) in [5, 5.41) is 11.6. The predicted molar refractivity (Wildman–Crippen MR) is 116 cm³/mol. The molecule has 1 aromatic carbocycles. The normalized spacial score (nSPS) is 15.6. The first-order valence-corrected chi connectivity index (χ1v) is 11.4. The maximum absolute atomic E-state index is 13.0. The standard InChI is InChI=1S/C22H25N3OS2/c1-14(19(26)15-7-9-16(10-8-15)22(2,3)4)28-21-24-23-20(18-6-5-13-27-18)25(21)17-11-12-17/h5-10,13-14,17H,11-12H2,1-4H3/t14-/m0/s1. The van der Waals surface area contributed by atoms with Crippen molar-refractivity contribution < 1.29 is 4.79 Å². The van der Waals surface area contributed by atoms with E-state index in [2.05, 4.69) is 59.1 Å². The molecule has 28 heavy (non-hydrogen) atoms. The zero-order valence-electron chi connectivity index (χ0n) is 16.7. The molecule has 0 spiro atoms. The van der Waals surface area contributed by atoms with Crippen LogP contribution >= 0.6 is 23.1 Å². The summed E-state index contributed by atoms with van der Waals surface area (Å²) in [6.07, 6.45) is 2.31. The van der Waals surface area contributed by atoms with Crippen LogP contribution in [-0.2, 0) is 5.41 Å². The van der Waals surface area contributed by atoms with E-state index < -0.39 is 0 Å². The van der Waals surface area contributed by atoms with E-state index in [9.17, 15) is 4.79 Å². The highest BCUT2D eigenvalue weighted by atomic mass is 32.2. The maximum Gasteiger partial charge on any atom is 0.192 e. The largest absolute Gasteiger partial charge is 0.298 e. The molecule has 4 rings (SSSR count). The molecular weight excluding hydrogens is 386 g/mol. The van der Waals surface area contributed by atoms with Gasteiger partial charge in [-0.1, -0.05) is 62.9 Å². The Hall–Kier alpha value is -1.92. The van der Waals surface area contributed by atoms with Crippen LogP contribution in [0.4, 0.5) is 0 Å². The van der Waals surface area contributed by atoms with Gasteiger partial charge in [-0.3, -0.25) is 9.36 Å². The van der Waals surface area contributed by atoms with Crippen molar-refractivity contribution in [3.05, 3.63) is 52.9 Å². The Kier molecular flexibility index (Phi) is 5.19. The predicted octanol–water partition coefficient (Wildman–Crippen LogP) is 6.00. The summed E-state index contributed by atoms with van der Waals surface area (Å²) >= 11 is 3.19. The highest BCUT2D eigenvalue weighted by Crippen LogP contribution is 2.42. The van der Waals surface area contributed by atoms with Crippen molar-refractivity contribution in [1.29, 1.82) is 0 Å². The van der Waals surface area contributed by atoms with Crippen LogP contribution in [0, 0.1) is 0 Å². The fourth-order valence-corrected chi connectivity index (χ4v) is 4.88. The number of benzene rings is 1. The van der Waals surface area contributed by atoms with Crippen LogP contribution in [0.15, 0.2) is 46.9 Å². The quantitative estimate of drug-likeness (QED) is 0.368. The zero-order valence-corrected chi connectivity index (χ0v) is 18.3. The third-order valence-corrected chi connectivity index (χ3v) is 6.93. The third-order valence-electron chi connectivity index (χ3n) is 5.00. The lowest BCUT2D eigenvalue weighted by Crippen LogP contribution is -2.16. The van der Waals surface area contributed by atoms with Gasteiger partial charge in [0.15, 0.2) is 16.8 Å². The van der Waals surface area contributed by atoms with Crippen molar-refractivity contribution in [2.75, 3.05) is 0 Å². The molecule has 2 heterocycles. The third kappa shape index (κ3) is 3.94. The van der Waals surface area contributed by atoms with Gasteiger partial charge in [0.25, 0.3) is 0 Å². The van der Waals surface area contributed by atoms with E-state index in [0.717, 1.165) is 34.3 Å². The molecule has 1 fully saturated rings. The average molecular weight is 412 g/mol. The molecule has 0 bridgehead atoms. The number of carbonyl (C=O) groups excluding carboxylic acids is 1. The summed E-state index contributed by atoms with van der Waals surface area (Å²) in [5.74, 6) is 1.06. The highest BCUT2D eigenvalue weighted by Gasteiger charge is 2.32. The van der Waals surface area contributed by atoms with Crippen molar-refractivity contribution >= 4 is 28.9 Å². The Labute approximate surface area is 174 Å². The first kappa shape index (κ1) is 19.4. The summed E-state index contributed by atoms with van der Waals surface area (Å²) in [4.78, 5) is 14.1. The van der Waals surface area contributed by atoms with Crippen LogP contribution in [0.5, 0.6) is 0 Å². The Morgan fingerprint density at radius 1 is 1.18 bits per heavy atom. The molecule has 0 aliphatic heterocycles. The Balaban J connectivity index is 1.54.